The van der Waals surface area contributed by atoms with Gasteiger partial charge in [-0.2, -0.15) is 5.10 Å². The Morgan fingerprint density at radius 1 is 1.62 bits per heavy atom. The van der Waals surface area contributed by atoms with Gasteiger partial charge in [-0.05, 0) is 12.3 Å². The smallest absolute Gasteiger partial charge is 0.211 e. The molecule has 0 amide bonds. The second-order valence-electron chi connectivity index (χ2n) is 4.79. The van der Waals surface area contributed by atoms with Gasteiger partial charge in [0.15, 0.2) is 0 Å². The first-order chi connectivity index (χ1) is 7.29. The molecule has 0 aromatic carbocycles. The topological polar surface area (TPSA) is 55.1 Å². The maximum Gasteiger partial charge on any atom is 0.211 e. The van der Waals surface area contributed by atoms with Crippen LogP contribution in [0, 0.1) is 5.41 Å². The van der Waals surface area contributed by atoms with Gasteiger partial charge in [-0.1, -0.05) is 32.4 Å². The average Bonchev–Trinajstić information content (AvgIpc) is 2.56. The SMILES string of the molecule is CCn1ncc(Cl)c1C(=O)C(O)C(C)(C)C. The number of Topliss-reactive ketones (excluding diaryl/α,β-unsaturated/α-hetero) is 1. The Morgan fingerprint density at radius 2 is 2.19 bits per heavy atom. The van der Waals surface area contributed by atoms with E-state index in [2.05, 4.69) is 5.10 Å². The Labute approximate surface area is 100 Å². The Kier molecular flexibility index (Phi) is 3.76. The maximum absolute atomic E-state index is 12.1. The van der Waals surface area contributed by atoms with Gasteiger partial charge in [0.05, 0.1) is 11.2 Å². The monoisotopic (exact) mass is 244 g/mol. The molecule has 1 unspecified atom stereocenters. The summed E-state index contributed by atoms with van der Waals surface area (Å²) in [4.78, 5) is 12.1. The quantitative estimate of drug-likeness (QED) is 0.829. The minimum Gasteiger partial charge on any atom is -0.384 e. The molecule has 0 bridgehead atoms. The van der Waals surface area contributed by atoms with Crippen LogP contribution in [0.5, 0.6) is 0 Å². The van der Waals surface area contributed by atoms with E-state index in [0.717, 1.165) is 0 Å². The lowest BCUT2D eigenvalue weighted by molar-refractivity contribution is 0.0432. The number of ketones is 1. The third-order valence-electron chi connectivity index (χ3n) is 2.40. The zero-order valence-corrected chi connectivity index (χ0v) is 10.7. The van der Waals surface area contributed by atoms with Crippen molar-refractivity contribution in [2.24, 2.45) is 5.41 Å². The summed E-state index contributed by atoms with van der Waals surface area (Å²) in [6.45, 7) is 7.82. The van der Waals surface area contributed by atoms with E-state index in [1.807, 2.05) is 6.92 Å². The van der Waals surface area contributed by atoms with Crippen LogP contribution >= 0.6 is 11.6 Å². The molecule has 1 N–H and O–H groups in total. The first-order valence-corrected chi connectivity index (χ1v) is 5.60. The molecule has 4 nitrogen and oxygen atoms in total. The molecule has 0 aliphatic rings. The van der Waals surface area contributed by atoms with Crippen LogP contribution in [-0.2, 0) is 6.54 Å². The van der Waals surface area contributed by atoms with Crippen molar-refractivity contribution in [1.82, 2.24) is 9.78 Å². The van der Waals surface area contributed by atoms with Gasteiger partial charge in [0, 0.05) is 6.54 Å². The second kappa shape index (κ2) is 4.55. The molecule has 1 atom stereocenters. The third-order valence-corrected chi connectivity index (χ3v) is 2.67. The van der Waals surface area contributed by atoms with Crippen LogP contribution < -0.4 is 0 Å². The Hall–Kier alpha value is -0.870. The predicted octanol–water partition coefficient (Wildman–Crippen LogP) is 2.15. The van der Waals surface area contributed by atoms with Gasteiger partial charge in [0.25, 0.3) is 0 Å². The lowest BCUT2D eigenvalue weighted by Crippen LogP contribution is -2.35. The molecule has 0 aliphatic heterocycles. The summed E-state index contributed by atoms with van der Waals surface area (Å²) >= 11 is 5.90. The van der Waals surface area contributed by atoms with E-state index in [9.17, 15) is 9.90 Å². The van der Waals surface area contributed by atoms with Crippen LogP contribution in [0.4, 0.5) is 0 Å². The first-order valence-electron chi connectivity index (χ1n) is 5.22. The highest BCUT2D eigenvalue weighted by Gasteiger charge is 2.32. The van der Waals surface area contributed by atoms with Crippen LogP contribution in [0.1, 0.15) is 38.2 Å². The van der Waals surface area contributed by atoms with Crippen LogP contribution in [0.3, 0.4) is 0 Å². The zero-order valence-electron chi connectivity index (χ0n) is 9.99. The van der Waals surface area contributed by atoms with Crippen molar-refractivity contribution in [1.29, 1.82) is 0 Å². The van der Waals surface area contributed by atoms with Crippen LogP contribution in [0.2, 0.25) is 5.02 Å². The van der Waals surface area contributed by atoms with Gasteiger partial charge in [-0.25, -0.2) is 0 Å². The predicted molar refractivity (Wildman–Crippen MR) is 62.7 cm³/mol. The molecular weight excluding hydrogens is 228 g/mol. The van der Waals surface area contributed by atoms with Crippen molar-refractivity contribution in [2.75, 3.05) is 0 Å². The number of halogens is 1. The number of aliphatic hydroxyl groups excluding tert-OH is 1. The van der Waals surface area contributed by atoms with Crippen molar-refractivity contribution in [3.63, 3.8) is 0 Å². The molecular formula is C11H17ClN2O2. The highest BCUT2D eigenvalue weighted by Crippen LogP contribution is 2.25. The summed E-state index contributed by atoms with van der Waals surface area (Å²) < 4.78 is 1.50. The molecule has 16 heavy (non-hydrogen) atoms. The number of carbonyl (C=O) groups excluding carboxylic acids is 1. The van der Waals surface area contributed by atoms with Crippen molar-refractivity contribution < 1.29 is 9.90 Å². The van der Waals surface area contributed by atoms with Crippen LogP contribution in [0.15, 0.2) is 6.20 Å². The van der Waals surface area contributed by atoms with Gasteiger partial charge >= 0.3 is 0 Å². The van der Waals surface area contributed by atoms with E-state index < -0.39 is 11.5 Å². The van der Waals surface area contributed by atoms with Gasteiger partial charge in [0.1, 0.15) is 11.8 Å². The molecule has 1 aromatic heterocycles. The second-order valence-corrected chi connectivity index (χ2v) is 5.20. The Morgan fingerprint density at radius 3 is 2.62 bits per heavy atom. The number of carbonyl (C=O) groups is 1. The normalized spacial score (nSPS) is 13.9. The van der Waals surface area contributed by atoms with Crippen molar-refractivity contribution in [2.45, 2.75) is 40.3 Å². The van der Waals surface area contributed by atoms with Gasteiger partial charge < -0.3 is 5.11 Å². The number of aromatic nitrogens is 2. The molecule has 0 saturated heterocycles. The van der Waals surface area contributed by atoms with Crippen LogP contribution in [-0.4, -0.2) is 26.8 Å². The zero-order chi connectivity index (χ0) is 12.5. The molecule has 0 aliphatic carbocycles. The third kappa shape index (κ3) is 2.44. The van der Waals surface area contributed by atoms with Crippen molar-refractivity contribution in [3.05, 3.63) is 16.9 Å². The average molecular weight is 245 g/mol. The van der Waals surface area contributed by atoms with E-state index in [4.69, 9.17) is 11.6 Å². The van der Waals surface area contributed by atoms with E-state index in [1.165, 1.54) is 10.9 Å². The summed E-state index contributed by atoms with van der Waals surface area (Å²) in [5.74, 6) is -0.378. The van der Waals surface area contributed by atoms with Crippen molar-refractivity contribution in [3.8, 4) is 0 Å². The minimum absolute atomic E-state index is 0.284. The molecule has 0 fully saturated rings. The summed E-state index contributed by atoms with van der Waals surface area (Å²) in [5.41, 5.74) is -0.227. The van der Waals surface area contributed by atoms with Crippen LogP contribution in [0.25, 0.3) is 0 Å². The fourth-order valence-electron chi connectivity index (χ4n) is 1.37. The Balaban J connectivity index is 3.09. The largest absolute Gasteiger partial charge is 0.384 e. The molecule has 1 rings (SSSR count). The Bertz CT molecular complexity index is 393. The van der Waals surface area contributed by atoms with Gasteiger partial charge in [-0.3, -0.25) is 9.48 Å². The molecule has 0 saturated carbocycles. The van der Waals surface area contributed by atoms with E-state index in [1.54, 1.807) is 20.8 Å². The standard InChI is InChI=1S/C11H17ClN2O2/c1-5-14-8(7(12)6-13-14)9(15)10(16)11(2,3)4/h6,10,16H,5H2,1-4H3. The lowest BCUT2D eigenvalue weighted by Gasteiger charge is -2.24. The van der Waals surface area contributed by atoms with E-state index >= 15 is 0 Å². The number of nitrogens with zero attached hydrogens (tertiary/aromatic N) is 2. The highest BCUT2D eigenvalue weighted by molar-refractivity contribution is 6.33. The molecule has 1 heterocycles. The number of aryl methyl sites for hydroxylation is 1. The number of rotatable bonds is 3. The molecule has 5 heteroatoms. The molecule has 0 radical (unpaired) electrons. The summed E-state index contributed by atoms with van der Waals surface area (Å²) in [7, 11) is 0. The number of hydrogen-bond acceptors (Lipinski definition) is 3. The number of hydrogen-bond donors (Lipinski definition) is 1. The fraction of sp³-hybridized carbons (Fsp3) is 0.636. The van der Waals surface area contributed by atoms with Gasteiger partial charge in [0.2, 0.25) is 5.78 Å². The molecule has 1 aromatic rings. The first kappa shape index (κ1) is 13.2. The van der Waals surface area contributed by atoms with Crippen molar-refractivity contribution >= 4 is 17.4 Å². The summed E-state index contributed by atoms with van der Waals surface area (Å²) in [6.07, 6.45) is 0.347. The molecule has 90 valence electrons. The highest BCUT2D eigenvalue weighted by atomic mass is 35.5. The lowest BCUT2D eigenvalue weighted by atomic mass is 9.86. The maximum atomic E-state index is 12.1. The minimum atomic E-state index is -1.08. The summed E-state index contributed by atoms with van der Waals surface area (Å²) in [6, 6.07) is 0. The molecule has 0 spiro atoms. The number of aliphatic hydroxyl groups is 1. The van der Waals surface area contributed by atoms with Gasteiger partial charge in [-0.15, -0.1) is 0 Å². The fourth-order valence-corrected chi connectivity index (χ4v) is 1.60. The summed E-state index contributed by atoms with van der Waals surface area (Å²) in [5, 5.41) is 14.2. The van der Waals surface area contributed by atoms with E-state index in [-0.39, 0.29) is 16.5 Å². The van der Waals surface area contributed by atoms with E-state index in [0.29, 0.717) is 6.54 Å².